The van der Waals surface area contributed by atoms with E-state index < -0.39 is 5.97 Å². The Morgan fingerprint density at radius 3 is 2.68 bits per heavy atom. The van der Waals surface area contributed by atoms with Crippen LogP contribution in [0.2, 0.25) is 5.15 Å². The van der Waals surface area contributed by atoms with E-state index in [0.717, 1.165) is 0 Å². The minimum absolute atomic E-state index is 0.202. The molecule has 3 aromatic rings. The Kier molecular flexibility index (Phi) is 3.88. The fourth-order valence-corrected chi connectivity index (χ4v) is 2.54. The summed E-state index contributed by atoms with van der Waals surface area (Å²) in [5, 5.41) is 0.672. The number of furan rings is 1. The summed E-state index contributed by atoms with van der Waals surface area (Å²) < 4.78 is 24.1. The van der Waals surface area contributed by atoms with E-state index in [1.165, 1.54) is 31.4 Å². The van der Waals surface area contributed by atoms with Gasteiger partial charge in [-0.2, -0.15) is 4.98 Å². The molecule has 0 radical (unpaired) electrons. The molecule has 0 saturated carbocycles. The molecule has 1 aromatic carbocycles. The van der Waals surface area contributed by atoms with E-state index in [9.17, 15) is 9.18 Å². The quantitative estimate of drug-likeness (QED) is 0.469. The molecule has 0 aliphatic heterocycles. The standard InChI is InChI=1S/C15H8BrClFNO3/c1-21-15(20)11-9-6-10(16)13(17)19-14(9)22-12(11)7-2-4-8(18)5-3-7/h2-6H,1H3. The van der Waals surface area contributed by atoms with Crippen LogP contribution in [0.4, 0.5) is 4.39 Å². The van der Waals surface area contributed by atoms with E-state index in [4.69, 9.17) is 20.8 Å². The number of halogens is 3. The number of rotatable bonds is 2. The first-order chi connectivity index (χ1) is 10.5. The van der Waals surface area contributed by atoms with E-state index in [1.807, 2.05) is 0 Å². The third kappa shape index (κ3) is 2.48. The second-order valence-electron chi connectivity index (χ2n) is 4.42. The van der Waals surface area contributed by atoms with Gasteiger partial charge in [-0.3, -0.25) is 0 Å². The molecule has 0 N–H and O–H groups in total. The average molecular weight is 385 g/mol. The van der Waals surface area contributed by atoms with Crippen molar-refractivity contribution in [3.05, 3.63) is 51.3 Å². The van der Waals surface area contributed by atoms with E-state index >= 15 is 0 Å². The molecule has 0 unspecified atom stereocenters. The van der Waals surface area contributed by atoms with Crippen molar-refractivity contribution in [2.24, 2.45) is 0 Å². The summed E-state index contributed by atoms with van der Waals surface area (Å²) in [5.74, 6) is -0.707. The maximum Gasteiger partial charge on any atom is 0.342 e. The van der Waals surface area contributed by atoms with Gasteiger partial charge in [0.25, 0.3) is 0 Å². The summed E-state index contributed by atoms with van der Waals surface area (Å²) in [6.45, 7) is 0. The van der Waals surface area contributed by atoms with Gasteiger partial charge in [-0.05, 0) is 46.3 Å². The maximum atomic E-state index is 13.1. The van der Waals surface area contributed by atoms with Crippen LogP contribution in [0.25, 0.3) is 22.4 Å². The lowest BCUT2D eigenvalue weighted by Crippen LogP contribution is -2.02. The molecule has 22 heavy (non-hydrogen) atoms. The van der Waals surface area contributed by atoms with E-state index in [1.54, 1.807) is 6.07 Å². The molecular formula is C15H8BrClFNO3. The third-order valence-electron chi connectivity index (χ3n) is 3.09. The average Bonchev–Trinajstić information content (AvgIpc) is 2.86. The Morgan fingerprint density at radius 1 is 1.36 bits per heavy atom. The monoisotopic (exact) mass is 383 g/mol. The number of pyridine rings is 1. The Balaban J connectivity index is 2.33. The largest absolute Gasteiger partial charge is 0.465 e. The van der Waals surface area contributed by atoms with Crippen molar-refractivity contribution in [3.63, 3.8) is 0 Å². The fraction of sp³-hybridized carbons (Fsp3) is 0.0667. The zero-order valence-electron chi connectivity index (χ0n) is 11.2. The van der Waals surface area contributed by atoms with Crippen LogP contribution in [0, 0.1) is 5.82 Å². The predicted octanol–water partition coefficient (Wildman–Crippen LogP) is 4.84. The van der Waals surface area contributed by atoms with Crippen LogP contribution in [0.1, 0.15) is 10.4 Å². The van der Waals surface area contributed by atoms with Crippen LogP contribution in [0.3, 0.4) is 0 Å². The smallest absolute Gasteiger partial charge is 0.342 e. The number of aromatic nitrogens is 1. The second kappa shape index (κ2) is 5.70. The lowest BCUT2D eigenvalue weighted by atomic mass is 10.1. The summed E-state index contributed by atoms with van der Waals surface area (Å²) in [7, 11) is 1.27. The number of hydrogen-bond acceptors (Lipinski definition) is 4. The number of carbonyl (C=O) groups excluding carboxylic acids is 1. The molecule has 0 fully saturated rings. The molecule has 3 rings (SSSR count). The molecule has 0 aliphatic rings. The van der Waals surface area contributed by atoms with Gasteiger partial charge in [0.15, 0.2) is 5.76 Å². The van der Waals surface area contributed by atoms with Crippen molar-refractivity contribution in [2.45, 2.75) is 0 Å². The number of hydrogen-bond donors (Lipinski definition) is 0. The van der Waals surface area contributed by atoms with Crippen LogP contribution < -0.4 is 0 Å². The normalized spacial score (nSPS) is 10.9. The van der Waals surface area contributed by atoms with Gasteiger partial charge in [0.05, 0.1) is 17.0 Å². The van der Waals surface area contributed by atoms with Gasteiger partial charge >= 0.3 is 5.97 Å². The molecule has 0 bridgehead atoms. The van der Waals surface area contributed by atoms with Crippen LogP contribution >= 0.6 is 27.5 Å². The first kappa shape index (κ1) is 15.0. The summed E-state index contributed by atoms with van der Waals surface area (Å²) in [6.07, 6.45) is 0. The summed E-state index contributed by atoms with van der Waals surface area (Å²) in [6, 6.07) is 7.21. The van der Waals surface area contributed by atoms with Gasteiger partial charge in [-0.15, -0.1) is 0 Å². The number of nitrogens with zero attached hydrogens (tertiary/aromatic N) is 1. The molecule has 2 heterocycles. The molecule has 0 amide bonds. The van der Waals surface area contributed by atoms with Crippen LogP contribution in [-0.4, -0.2) is 18.1 Å². The number of fused-ring (bicyclic) bond motifs is 1. The molecule has 2 aromatic heterocycles. The van der Waals surface area contributed by atoms with Gasteiger partial charge in [-0.1, -0.05) is 11.6 Å². The van der Waals surface area contributed by atoms with Crippen molar-refractivity contribution < 1.29 is 18.3 Å². The highest BCUT2D eigenvalue weighted by atomic mass is 79.9. The lowest BCUT2D eigenvalue weighted by molar-refractivity contribution is 0.0603. The molecule has 0 saturated heterocycles. The van der Waals surface area contributed by atoms with Crippen molar-refractivity contribution >= 4 is 44.6 Å². The van der Waals surface area contributed by atoms with E-state index in [-0.39, 0.29) is 28.0 Å². The SMILES string of the molecule is COC(=O)c1c(-c2ccc(F)cc2)oc2nc(Cl)c(Br)cc12. The van der Waals surface area contributed by atoms with Gasteiger partial charge < -0.3 is 9.15 Å². The van der Waals surface area contributed by atoms with Crippen LogP contribution in [0.5, 0.6) is 0 Å². The van der Waals surface area contributed by atoms with Gasteiger partial charge in [-0.25, -0.2) is 9.18 Å². The molecule has 112 valence electrons. The maximum absolute atomic E-state index is 13.1. The zero-order chi connectivity index (χ0) is 15.9. The highest BCUT2D eigenvalue weighted by molar-refractivity contribution is 9.10. The Hall–Kier alpha value is -1.92. The Labute approximate surface area is 138 Å². The Morgan fingerprint density at radius 2 is 2.05 bits per heavy atom. The zero-order valence-corrected chi connectivity index (χ0v) is 13.5. The topological polar surface area (TPSA) is 52.3 Å². The number of carbonyl (C=O) groups is 1. The molecule has 4 nitrogen and oxygen atoms in total. The molecule has 0 atom stereocenters. The number of benzene rings is 1. The van der Waals surface area contributed by atoms with Crippen molar-refractivity contribution in [1.82, 2.24) is 4.98 Å². The van der Waals surface area contributed by atoms with Gasteiger partial charge in [0, 0.05) is 5.56 Å². The fourth-order valence-electron chi connectivity index (χ4n) is 2.09. The highest BCUT2D eigenvalue weighted by Crippen LogP contribution is 2.36. The highest BCUT2D eigenvalue weighted by Gasteiger charge is 2.24. The van der Waals surface area contributed by atoms with Crippen LogP contribution in [-0.2, 0) is 4.74 Å². The van der Waals surface area contributed by atoms with Crippen LogP contribution in [0.15, 0.2) is 39.2 Å². The number of esters is 1. The minimum Gasteiger partial charge on any atom is -0.465 e. The summed E-state index contributed by atoms with van der Waals surface area (Å²) in [5.41, 5.74) is 0.953. The first-order valence-electron chi connectivity index (χ1n) is 6.14. The molecule has 0 spiro atoms. The number of methoxy groups -OCH3 is 1. The summed E-state index contributed by atoms with van der Waals surface area (Å²) >= 11 is 9.20. The molecule has 0 aliphatic carbocycles. The lowest BCUT2D eigenvalue weighted by Gasteiger charge is -2.01. The second-order valence-corrected chi connectivity index (χ2v) is 5.63. The minimum atomic E-state index is -0.575. The molecule has 7 heteroatoms. The predicted molar refractivity (Wildman–Crippen MR) is 83.5 cm³/mol. The van der Waals surface area contributed by atoms with Gasteiger partial charge in [0.2, 0.25) is 5.71 Å². The number of ether oxygens (including phenoxy) is 1. The Bertz CT molecular complexity index is 877. The van der Waals surface area contributed by atoms with Crippen molar-refractivity contribution in [3.8, 4) is 11.3 Å². The summed E-state index contributed by atoms with van der Waals surface area (Å²) in [4.78, 5) is 16.2. The third-order valence-corrected chi connectivity index (χ3v) is 4.21. The van der Waals surface area contributed by atoms with Crippen molar-refractivity contribution in [2.75, 3.05) is 7.11 Å². The van der Waals surface area contributed by atoms with E-state index in [2.05, 4.69) is 20.9 Å². The van der Waals surface area contributed by atoms with Gasteiger partial charge in [0.1, 0.15) is 16.5 Å². The molecular weight excluding hydrogens is 377 g/mol. The van der Waals surface area contributed by atoms with E-state index in [0.29, 0.717) is 15.4 Å². The first-order valence-corrected chi connectivity index (χ1v) is 7.31. The van der Waals surface area contributed by atoms with Crippen molar-refractivity contribution in [1.29, 1.82) is 0 Å².